The van der Waals surface area contributed by atoms with Gasteiger partial charge in [-0.05, 0) is 96.7 Å². The molecule has 0 aliphatic carbocycles. The van der Waals surface area contributed by atoms with Crippen molar-refractivity contribution < 1.29 is 23.5 Å². The summed E-state index contributed by atoms with van der Waals surface area (Å²) in [7, 11) is -3.07. The Labute approximate surface area is 362 Å². The molecule has 0 fully saturated rings. The van der Waals surface area contributed by atoms with Crippen LogP contribution in [-0.2, 0) is 20.7 Å². The number of aryl methyl sites for hydroxylation is 1. The molecule has 3 amide bonds. The highest BCUT2D eigenvalue weighted by atomic mass is 32.1. The molecule has 4 N–H and O–H groups in total. The van der Waals surface area contributed by atoms with Gasteiger partial charge >= 0.3 is 14.4 Å². The highest BCUT2D eigenvalue weighted by Crippen LogP contribution is 2.41. The summed E-state index contributed by atoms with van der Waals surface area (Å²) in [6.45, 7) is 15.9. The lowest BCUT2D eigenvalue weighted by Crippen LogP contribution is -2.68. The van der Waals surface area contributed by atoms with Gasteiger partial charge in [-0.3, -0.25) is 14.9 Å². The van der Waals surface area contributed by atoms with E-state index in [-0.39, 0.29) is 16.9 Å². The summed E-state index contributed by atoms with van der Waals surface area (Å²) < 4.78 is 13.8. The highest BCUT2D eigenvalue weighted by molar-refractivity contribution is 7.22. The van der Waals surface area contributed by atoms with Crippen molar-refractivity contribution in [2.45, 2.75) is 65.0 Å². The van der Waals surface area contributed by atoms with Crippen LogP contribution >= 0.6 is 11.3 Å². The molecule has 61 heavy (non-hydrogen) atoms. The van der Waals surface area contributed by atoms with Crippen LogP contribution in [0.5, 0.6) is 5.75 Å². The molecule has 0 unspecified atom stereocenters. The zero-order valence-electron chi connectivity index (χ0n) is 35.3. The minimum atomic E-state index is -3.07. The van der Waals surface area contributed by atoms with Crippen molar-refractivity contribution >= 4 is 80.3 Å². The Hall–Kier alpha value is -6.68. The minimum absolute atomic E-state index is 0.111. The third kappa shape index (κ3) is 11.5. The molecule has 0 aliphatic rings. The topological polar surface area (TPSA) is 131 Å². The molecule has 0 saturated heterocycles. The number of carbonyl (C=O) groups is 3. The van der Waals surface area contributed by atoms with E-state index in [0.717, 1.165) is 31.9 Å². The molecular formula is C49H51N5O5SSi. The zero-order chi connectivity index (χ0) is 43.6. The largest absolute Gasteiger partial charge is 0.532 e. The average molecular weight is 850 g/mol. The number of aromatic nitrogens is 1. The second-order valence-electron chi connectivity index (χ2n) is 16.4. The summed E-state index contributed by atoms with van der Waals surface area (Å²) in [4.78, 5) is 42.1. The highest BCUT2D eigenvalue weighted by Gasteiger charge is 2.52. The van der Waals surface area contributed by atoms with Crippen molar-refractivity contribution in [3.05, 3.63) is 145 Å². The number of anilines is 4. The number of benzene rings is 5. The van der Waals surface area contributed by atoms with Crippen molar-refractivity contribution in [3.63, 3.8) is 0 Å². The van der Waals surface area contributed by atoms with Gasteiger partial charge in [0.1, 0.15) is 16.9 Å². The molecule has 0 saturated carbocycles. The smallest absolute Gasteiger partial charge is 0.413 e. The van der Waals surface area contributed by atoms with E-state index >= 15 is 0 Å². The summed E-state index contributed by atoms with van der Waals surface area (Å²) in [6, 6.07) is 39.6. The first-order chi connectivity index (χ1) is 29.1. The molecule has 0 bridgehead atoms. The van der Waals surface area contributed by atoms with Gasteiger partial charge in [-0.1, -0.05) is 129 Å². The molecule has 10 nitrogen and oxygen atoms in total. The van der Waals surface area contributed by atoms with Gasteiger partial charge in [0.2, 0.25) is 11.8 Å². The van der Waals surface area contributed by atoms with E-state index in [1.807, 2.05) is 106 Å². The number of nitrogens with zero attached hydrogens (tertiary/aromatic N) is 1. The standard InChI is InChI=1S/C49H51N5O5SSi/c1-8-43(55)51-36-27-24-34(25-28-36)26-29-44(56)52-38-19-15-18-37(33-38)50-30-16-17-35-31-41(45-42(32-35)60-46(53-45)54-47(57)58-48(2,3)4)59-61(49(5,6)7,39-20-11-9-12-21-39)40-22-13-10-14-23-40/h8-15,18-25,27-28,31-33,50H,1,26,29-30H2,2-7H3,(H,51,55)(H,52,56)(H,53,54,57). The van der Waals surface area contributed by atoms with Crippen LogP contribution in [0.2, 0.25) is 5.04 Å². The van der Waals surface area contributed by atoms with Gasteiger partial charge in [-0.2, -0.15) is 0 Å². The van der Waals surface area contributed by atoms with Crippen LogP contribution < -0.4 is 36.1 Å². The Bertz CT molecular complexity index is 2530. The molecule has 0 radical (unpaired) electrons. The quantitative estimate of drug-likeness (QED) is 0.0517. The van der Waals surface area contributed by atoms with E-state index in [0.29, 0.717) is 47.2 Å². The first-order valence-electron chi connectivity index (χ1n) is 20.0. The molecule has 6 aromatic rings. The van der Waals surface area contributed by atoms with Crippen LogP contribution in [0.3, 0.4) is 0 Å². The molecular weight excluding hydrogens is 799 g/mol. The van der Waals surface area contributed by atoms with Crippen molar-refractivity contribution in [1.82, 2.24) is 4.98 Å². The Balaban J connectivity index is 1.22. The average Bonchev–Trinajstić information content (AvgIpc) is 3.63. The number of thiazole rings is 1. The molecule has 0 atom stereocenters. The first kappa shape index (κ1) is 43.9. The Morgan fingerprint density at radius 2 is 1.43 bits per heavy atom. The lowest BCUT2D eigenvalue weighted by atomic mass is 10.1. The summed E-state index contributed by atoms with van der Waals surface area (Å²) in [5, 5.41) is 14.2. The van der Waals surface area contributed by atoms with E-state index in [1.54, 1.807) is 12.1 Å². The number of nitrogens with one attached hydrogen (secondary N) is 4. The van der Waals surface area contributed by atoms with E-state index in [2.05, 4.69) is 84.7 Å². The van der Waals surface area contributed by atoms with Crippen molar-refractivity contribution in [1.29, 1.82) is 0 Å². The van der Waals surface area contributed by atoms with Gasteiger partial charge in [0, 0.05) is 29.0 Å². The number of hydrogen-bond acceptors (Lipinski definition) is 8. The van der Waals surface area contributed by atoms with Crippen molar-refractivity contribution in [2.24, 2.45) is 0 Å². The van der Waals surface area contributed by atoms with Gasteiger partial charge in [0.25, 0.3) is 0 Å². The van der Waals surface area contributed by atoms with E-state index in [4.69, 9.17) is 14.1 Å². The predicted molar refractivity (Wildman–Crippen MR) is 252 cm³/mol. The van der Waals surface area contributed by atoms with Crippen LogP contribution in [0.1, 0.15) is 59.1 Å². The molecule has 1 heterocycles. The van der Waals surface area contributed by atoms with Crippen LogP contribution in [0.4, 0.5) is 27.0 Å². The van der Waals surface area contributed by atoms with Gasteiger partial charge in [-0.25, -0.2) is 9.78 Å². The zero-order valence-corrected chi connectivity index (χ0v) is 37.2. The van der Waals surface area contributed by atoms with Crippen molar-refractivity contribution in [3.8, 4) is 17.6 Å². The maximum atomic E-state index is 12.8. The monoisotopic (exact) mass is 849 g/mol. The third-order valence-corrected chi connectivity index (χ3v) is 15.4. The summed E-state index contributed by atoms with van der Waals surface area (Å²) >= 11 is 1.33. The maximum absolute atomic E-state index is 12.8. The van der Waals surface area contributed by atoms with Gasteiger partial charge in [0.15, 0.2) is 5.13 Å². The van der Waals surface area contributed by atoms with Gasteiger partial charge < -0.3 is 25.1 Å². The second-order valence-corrected chi connectivity index (χ2v) is 21.7. The number of amides is 3. The molecule has 1 aromatic heterocycles. The summed E-state index contributed by atoms with van der Waals surface area (Å²) in [5.41, 5.74) is 3.80. The predicted octanol–water partition coefficient (Wildman–Crippen LogP) is 9.74. The Kier molecular flexibility index (Phi) is 13.8. The fourth-order valence-corrected chi connectivity index (χ4v) is 12.2. The molecule has 5 aromatic carbocycles. The molecule has 6 rings (SSSR count). The first-order valence-corrected chi connectivity index (χ1v) is 22.7. The normalized spacial score (nSPS) is 11.4. The Morgan fingerprint density at radius 3 is 2.05 bits per heavy atom. The number of rotatable bonds is 13. The molecule has 12 heteroatoms. The number of fused-ring (bicyclic) bond motifs is 1. The summed E-state index contributed by atoms with van der Waals surface area (Å²) in [5.74, 6) is 6.77. The summed E-state index contributed by atoms with van der Waals surface area (Å²) in [6.07, 6.45) is 1.48. The molecule has 0 aliphatic heterocycles. The fourth-order valence-electron chi connectivity index (χ4n) is 6.84. The van der Waals surface area contributed by atoms with Gasteiger partial charge in [0.05, 0.1) is 11.2 Å². The lowest BCUT2D eigenvalue weighted by Gasteiger charge is -2.43. The van der Waals surface area contributed by atoms with Crippen LogP contribution in [0.15, 0.2) is 134 Å². The molecule has 0 spiro atoms. The number of ether oxygens (including phenoxy) is 1. The lowest BCUT2D eigenvalue weighted by molar-refractivity contribution is -0.116. The number of hydrogen-bond donors (Lipinski definition) is 4. The van der Waals surface area contributed by atoms with Gasteiger partial charge in [-0.15, -0.1) is 0 Å². The number of carbonyl (C=O) groups excluding carboxylic acids is 3. The van der Waals surface area contributed by atoms with Crippen LogP contribution in [0, 0.1) is 11.8 Å². The van der Waals surface area contributed by atoms with Crippen LogP contribution in [0.25, 0.3) is 10.2 Å². The second kappa shape index (κ2) is 19.1. The fraction of sp³-hybridized carbons (Fsp3) is 0.224. The Morgan fingerprint density at radius 1 is 0.770 bits per heavy atom. The SMILES string of the molecule is C=CC(=O)Nc1ccc(CCC(=O)Nc2cccc(NCC#Cc3cc(O[Si](c4ccccc4)(c4ccccc4)C(C)(C)C)c4nc(NC(=O)OC(C)(C)C)sc4c3)c2)cc1. The molecule has 312 valence electrons. The third-order valence-electron chi connectivity index (χ3n) is 9.56. The van der Waals surface area contributed by atoms with E-state index in [1.165, 1.54) is 17.4 Å². The van der Waals surface area contributed by atoms with Crippen LogP contribution in [-0.4, -0.2) is 43.4 Å². The van der Waals surface area contributed by atoms with Crippen molar-refractivity contribution in [2.75, 3.05) is 27.8 Å². The van der Waals surface area contributed by atoms with E-state index in [9.17, 15) is 14.4 Å². The maximum Gasteiger partial charge on any atom is 0.413 e. The van der Waals surface area contributed by atoms with E-state index < -0.39 is 20.0 Å². The minimum Gasteiger partial charge on any atom is -0.532 e.